The van der Waals surface area contributed by atoms with E-state index in [0.717, 1.165) is 5.69 Å². The van der Waals surface area contributed by atoms with Crippen LogP contribution in [0.25, 0.3) is 5.69 Å². The third-order valence-corrected chi connectivity index (χ3v) is 3.09. The van der Waals surface area contributed by atoms with Crippen molar-refractivity contribution >= 4 is 11.6 Å². The average Bonchev–Trinajstić information content (AvgIpc) is 2.92. The van der Waals surface area contributed by atoms with Crippen LogP contribution in [-0.4, -0.2) is 20.9 Å². The topological polar surface area (TPSA) is 59.8 Å². The molecule has 5 nitrogen and oxygen atoms in total. The number of nitrogens with zero attached hydrogens (tertiary/aromatic N) is 3. The summed E-state index contributed by atoms with van der Waals surface area (Å²) in [5.74, 6) is -0.740. The van der Waals surface area contributed by atoms with Crippen molar-refractivity contribution in [2.24, 2.45) is 0 Å². The van der Waals surface area contributed by atoms with Crippen LogP contribution < -0.4 is 5.32 Å². The molecule has 0 saturated heterocycles. The van der Waals surface area contributed by atoms with Gasteiger partial charge in [-0.2, -0.15) is 9.90 Å². The number of carbonyl (C=O) groups excluding carboxylic acids is 1. The Kier molecular flexibility index (Phi) is 3.65. The van der Waals surface area contributed by atoms with Gasteiger partial charge >= 0.3 is 0 Å². The van der Waals surface area contributed by atoms with Gasteiger partial charge < -0.3 is 5.32 Å². The van der Waals surface area contributed by atoms with E-state index in [-0.39, 0.29) is 17.4 Å². The van der Waals surface area contributed by atoms with Crippen LogP contribution in [0.3, 0.4) is 0 Å². The van der Waals surface area contributed by atoms with E-state index in [2.05, 4.69) is 15.5 Å². The Labute approximate surface area is 126 Å². The SMILES string of the molecule is Cc1nn(-c2ccccc2)nc1C(=O)Nc1ccc(F)cc1. The molecular weight excluding hydrogens is 283 g/mol. The summed E-state index contributed by atoms with van der Waals surface area (Å²) in [5.41, 5.74) is 2.02. The minimum Gasteiger partial charge on any atom is -0.321 e. The average molecular weight is 296 g/mol. The number of aromatic nitrogens is 3. The van der Waals surface area contributed by atoms with Crippen LogP contribution in [0, 0.1) is 12.7 Å². The first-order valence-corrected chi connectivity index (χ1v) is 6.70. The van der Waals surface area contributed by atoms with Crippen LogP contribution in [-0.2, 0) is 0 Å². The van der Waals surface area contributed by atoms with Crippen LogP contribution in [0.4, 0.5) is 10.1 Å². The number of anilines is 1. The van der Waals surface area contributed by atoms with E-state index in [1.54, 1.807) is 6.92 Å². The highest BCUT2D eigenvalue weighted by Crippen LogP contribution is 2.12. The standard InChI is InChI=1S/C16H13FN4O/c1-11-15(16(22)18-13-9-7-12(17)8-10-13)20-21(19-11)14-5-3-2-4-6-14/h2-10H,1H3,(H,18,22). The lowest BCUT2D eigenvalue weighted by molar-refractivity contribution is 0.102. The van der Waals surface area contributed by atoms with Gasteiger partial charge in [0.25, 0.3) is 5.91 Å². The minimum absolute atomic E-state index is 0.230. The van der Waals surface area contributed by atoms with Crippen molar-refractivity contribution < 1.29 is 9.18 Å². The van der Waals surface area contributed by atoms with E-state index >= 15 is 0 Å². The van der Waals surface area contributed by atoms with Crippen molar-refractivity contribution in [2.45, 2.75) is 6.92 Å². The molecule has 0 fully saturated rings. The summed E-state index contributed by atoms with van der Waals surface area (Å²) in [4.78, 5) is 13.7. The first kappa shape index (κ1) is 13.9. The Balaban J connectivity index is 1.84. The number of rotatable bonds is 3. The zero-order chi connectivity index (χ0) is 15.5. The molecule has 1 amide bonds. The molecule has 3 rings (SSSR count). The van der Waals surface area contributed by atoms with Crippen LogP contribution >= 0.6 is 0 Å². The maximum atomic E-state index is 12.9. The van der Waals surface area contributed by atoms with Gasteiger partial charge in [0.15, 0.2) is 5.69 Å². The first-order chi connectivity index (χ1) is 10.6. The van der Waals surface area contributed by atoms with Gasteiger partial charge in [0.05, 0.1) is 11.4 Å². The maximum Gasteiger partial charge on any atom is 0.278 e. The predicted molar refractivity (Wildman–Crippen MR) is 80.4 cm³/mol. The van der Waals surface area contributed by atoms with E-state index in [9.17, 15) is 9.18 Å². The van der Waals surface area contributed by atoms with Crippen molar-refractivity contribution in [2.75, 3.05) is 5.32 Å². The largest absolute Gasteiger partial charge is 0.321 e. The third-order valence-electron chi connectivity index (χ3n) is 3.09. The number of hydrogen-bond acceptors (Lipinski definition) is 3. The van der Waals surface area contributed by atoms with E-state index in [4.69, 9.17) is 0 Å². The minimum atomic E-state index is -0.383. The van der Waals surface area contributed by atoms with Gasteiger partial charge in [0.2, 0.25) is 0 Å². The molecular formula is C16H13FN4O. The highest BCUT2D eigenvalue weighted by atomic mass is 19.1. The molecule has 1 N–H and O–H groups in total. The number of carbonyl (C=O) groups is 1. The lowest BCUT2D eigenvalue weighted by Gasteiger charge is -2.02. The number of nitrogens with one attached hydrogen (secondary N) is 1. The molecule has 6 heteroatoms. The van der Waals surface area contributed by atoms with Crippen molar-refractivity contribution in [1.82, 2.24) is 15.0 Å². The van der Waals surface area contributed by atoms with Crippen LogP contribution in [0.2, 0.25) is 0 Å². The molecule has 0 bridgehead atoms. The van der Waals surface area contributed by atoms with Crippen LogP contribution in [0.15, 0.2) is 54.6 Å². The van der Waals surface area contributed by atoms with Crippen molar-refractivity contribution in [3.05, 3.63) is 71.8 Å². The second-order valence-corrected chi connectivity index (χ2v) is 4.72. The van der Waals surface area contributed by atoms with E-state index in [1.807, 2.05) is 30.3 Å². The molecule has 0 aliphatic carbocycles. The molecule has 0 aliphatic rings. The summed E-state index contributed by atoms with van der Waals surface area (Å²) < 4.78 is 12.9. The van der Waals surface area contributed by atoms with Gasteiger partial charge in [-0.15, -0.1) is 5.10 Å². The summed E-state index contributed by atoms with van der Waals surface area (Å²) >= 11 is 0. The zero-order valence-electron chi connectivity index (χ0n) is 11.8. The number of halogens is 1. The van der Waals surface area contributed by atoms with E-state index in [0.29, 0.717) is 11.4 Å². The van der Waals surface area contributed by atoms with Gasteiger partial charge in [0.1, 0.15) is 5.82 Å². The third kappa shape index (κ3) is 2.85. The van der Waals surface area contributed by atoms with Crippen molar-refractivity contribution in [3.8, 4) is 5.69 Å². The molecule has 0 saturated carbocycles. The summed E-state index contributed by atoms with van der Waals surface area (Å²) in [6.45, 7) is 1.71. The second kappa shape index (κ2) is 5.77. The Morgan fingerprint density at radius 1 is 1.05 bits per heavy atom. The quantitative estimate of drug-likeness (QED) is 0.808. The number of amides is 1. The molecule has 0 radical (unpaired) electrons. The first-order valence-electron chi connectivity index (χ1n) is 6.70. The van der Waals surface area contributed by atoms with Gasteiger partial charge in [0, 0.05) is 5.69 Å². The molecule has 1 aromatic heterocycles. The van der Waals surface area contributed by atoms with E-state index in [1.165, 1.54) is 29.1 Å². The summed E-state index contributed by atoms with van der Waals surface area (Å²) in [7, 11) is 0. The number of para-hydroxylation sites is 1. The Morgan fingerprint density at radius 2 is 1.73 bits per heavy atom. The molecule has 3 aromatic rings. The Hall–Kier alpha value is -3.02. The fourth-order valence-corrected chi connectivity index (χ4v) is 1.99. The molecule has 0 spiro atoms. The Morgan fingerprint density at radius 3 is 2.41 bits per heavy atom. The molecule has 0 atom stereocenters. The fraction of sp³-hybridized carbons (Fsp3) is 0.0625. The second-order valence-electron chi connectivity index (χ2n) is 4.72. The normalized spacial score (nSPS) is 10.5. The Bertz CT molecular complexity index is 797. The lowest BCUT2D eigenvalue weighted by atomic mass is 10.3. The highest BCUT2D eigenvalue weighted by molar-refractivity contribution is 6.03. The number of benzene rings is 2. The summed E-state index contributed by atoms with van der Waals surface area (Å²) in [6, 6.07) is 14.9. The fourth-order valence-electron chi connectivity index (χ4n) is 1.99. The summed E-state index contributed by atoms with van der Waals surface area (Å²) in [5, 5.41) is 11.1. The van der Waals surface area contributed by atoms with Gasteiger partial charge in [-0.25, -0.2) is 4.39 Å². The van der Waals surface area contributed by atoms with Gasteiger partial charge in [-0.1, -0.05) is 18.2 Å². The van der Waals surface area contributed by atoms with Crippen LogP contribution in [0.5, 0.6) is 0 Å². The smallest absolute Gasteiger partial charge is 0.278 e. The molecule has 110 valence electrons. The van der Waals surface area contributed by atoms with E-state index < -0.39 is 0 Å². The maximum absolute atomic E-state index is 12.9. The molecule has 22 heavy (non-hydrogen) atoms. The zero-order valence-corrected chi connectivity index (χ0v) is 11.8. The lowest BCUT2D eigenvalue weighted by Crippen LogP contribution is -2.14. The molecule has 1 heterocycles. The molecule has 0 unspecified atom stereocenters. The molecule has 0 aliphatic heterocycles. The highest BCUT2D eigenvalue weighted by Gasteiger charge is 2.16. The van der Waals surface area contributed by atoms with Crippen molar-refractivity contribution in [1.29, 1.82) is 0 Å². The number of hydrogen-bond donors (Lipinski definition) is 1. The van der Waals surface area contributed by atoms with Gasteiger partial charge in [-0.05, 0) is 43.3 Å². The van der Waals surface area contributed by atoms with Crippen molar-refractivity contribution in [3.63, 3.8) is 0 Å². The molecule has 2 aromatic carbocycles. The van der Waals surface area contributed by atoms with Gasteiger partial charge in [-0.3, -0.25) is 4.79 Å². The summed E-state index contributed by atoms with van der Waals surface area (Å²) in [6.07, 6.45) is 0. The number of aryl methyl sites for hydroxylation is 1. The van der Waals surface area contributed by atoms with Crippen LogP contribution in [0.1, 0.15) is 16.2 Å². The monoisotopic (exact) mass is 296 g/mol. The predicted octanol–water partition coefficient (Wildman–Crippen LogP) is 2.97.